The van der Waals surface area contributed by atoms with Crippen LogP contribution in [0.3, 0.4) is 0 Å². The third kappa shape index (κ3) is 6.37. The molecule has 6 heteroatoms. The Labute approximate surface area is 113 Å². The van der Waals surface area contributed by atoms with Gasteiger partial charge in [-0.05, 0) is 24.6 Å². The summed E-state index contributed by atoms with van der Waals surface area (Å²) in [4.78, 5) is 0. The van der Waals surface area contributed by atoms with Crippen LogP contribution in [0, 0.1) is 0 Å². The predicted octanol–water partition coefficient (Wildman–Crippen LogP) is 3.68. The van der Waals surface area contributed by atoms with E-state index in [9.17, 15) is 13.2 Å². The number of halogens is 4. The number of rotatable bonds is 6. The van der Waals surface area contributed by atoms with Gasteiger partial charge in [0.15, 0.2) is 0 Å². The molecule has 0 unspecified atom stereocenters. The van der Waals surface area contributed by atoms with Crippen LogP contribution < -0.4 is 5.32 Å². The minimum atomic E-state index is -4.25. The number of hydrogen-bond donors (Lipinski definition) is 1. The van der Waals surface area contributed by atoms with Gasteiger partial charge in [0.05, 0.1) is 6.61 Å². The minimum Gasteiger partial charge on any atom is -0.371 e. The van der Waals surface area contributed by atoms with Gasteiger partial charge in [0, 0.05) is 17.1 Å². The van der Waals surface area contributed by atoms with Crippen LogP contribution in [0.4, 0.5) is 13.2 Å². The first-order chi connectivity index (χ1) is 8.38. The third-order valence-electron chi connectivity index (χ3n) is 2.31. The van der Waals surface area contributed by atoms with E-state index in [0.717, 1.165) is 10.0 Å². The van der Waals surface area contributed by atoms with Gasteiger partial charge in [-0.25, -0.2) is 0 Å². The van der Waals surface area contributed by atoms with Crippen LogP contribution in [-0.2, 0) is 4.74 Å². The van der Waals surface area contributed by atoms with E-state index < -0.39 is 12.8 Å². The van der Waals surface area contributed by atoms with Crippen molar-refractivity contribution in [2.75, 3.05) is 19.8 Å². The second kappa shape index (κ2) is 7.11. The predicted molar refractivity (Wildman–Crippen MR) is 67.4 cm³/mol. The lowest BCUT2D eigenvalue weighted by Gasteiger charge is -2.15. The average Bonchev–Trinajstić information content (AvgIpc) is 2.26. The molecule has 0 aliphatic heterocycles. The highest BCUT2D eigenvalue weighted by Crippen LogP contribution is 2.17. The Bertz CT molecular complexity index is 371. The number of nitrogens with one attached hydrogen (secondary N) is 1. The fourth-order valence-corrected chi connectivity index (χ4v) is 1.85. The largest absolute Gasteiger partial charge is 0.411 e. The van der Waals surface area contributed by atoms with E-state index in [1.165, 1.54) is 0 Å². The summed E-state index contributed by atoms with van der Waals surface area (Å²) in [5.74, 6) is 0. The smallest absolute Gasteiger partial charge is 0.371 e. The van der Waals surface area contributed by atoms with Gasteiger partial charge in [-0.1, -0.05) is 28.1 Å². The highest BCUT2D eigenvalue weighted by Gasteiger charge is 2.27. The highest BCUT2D eigenvalue weighted by molar-refractivity contribution is 9.10. The summed E-state index contributed by atoms with van der Waals surface area (Å²) in [6, 6.07) is 7.82. The molecule has 0 spiro atoms. The Morgan fingerprint density at radius 3 is 2.72 bits per heavy atom. The zero-order valence-corrected chi connectivity index (χ0v) is 11.5. The fourth-order valence-electron chi connectivity index (χ4n) is 1.43. The van der Waals surface area contributed by atoms with Crippen molar-refractivity contribution < 1.29 is 17.9 Å². The summed E-state index contributed by atoms with van der Waals surface area (Å²) >= 11 is 3.37. The van der Waals surface area contributed by atoms with Gasteiger partial charge in [-0.2, -0.15) is 13.2 Å². The molecule has 0 saturated carbocycles. The van der Waals surface area contributed by atoms with E-state index in [1.54, 1.807) is 0 Å². The van der Waals surface area contributed by atoms with Gasteiger partial charge in [-0.15, -0.1) is 0 Å². The molecule has 0 radical (unpaired) electrons. The fraction of sp³-hybridized carbons (Fsp3) is 0.500. The molecule has 102 valence electrons. The average molecular weight is 326 g/mol. The molecule has 0 fully saturated rings. The van der Waals surface area contributed by atoms with Gasteiger partial charge in [0.2, 0.25) is 0 Å². The molecule has 0 aliphatic carbocycles. The maximum absolute atomic E-state index is 11.8. The number of ether oxygens (including phenoxy) is 1. The second-order valence-electron chi connectivity index (χ2n) is 3.90. The Hall–Kier alpha value is -0.590. The van der Waals surface area contributed by atoms with Crippen molar-refractivity contribution >= 4 is 15.9 Å². The molecule has 0 amide bonds. The van der Waals surface area contributed by atoms with Gasteiger partial charge >= 0.3 is 6.18 Å². The lowest BCUT2D eigenvalue weighted by molar-refractivity contribution is -0.173. The summed E-state index contributed by atoms with van der Waals surface area (Å²) in [5, 5.41) is 3.10. The van der Waals surface area contributed by atoms with E-state index in [4.69, 9.17) is 0 Å². The molecule has 0 heterocycles. The van der Waals surface area contributed by atoms with E-state index in [1.807, 2.05) is 31.2 Å². The lowest BCUT2D eigenvalue weighted by atomic mass is 10.1. The molecule has 1 rings (SSSR count). The summed E-state index contributed by atoms with van der Waals surface area (Å²) in [5.41, 5.74) is 1.07. The molecular formula is C12H15BrF3NO. The van der Waals surface area contributed by atoms with E-state index in [2.05, 4.69) is 26.0 Å². The van der Waals surface area contributed by atoms with Crippen molar-refractivity contribution in [1.82, 2.24) is 5.32 Å². The first-order valence-electron chi connectivity index (χ1n) is 5.52. The molecule has 0 aliphatic rings. The molecule has 1 atom stereocenters. The van der Waals surface area contributed by atoms with Crippen LogP contribution in [-0.4, -0.2) is 25.9 Å². The van der Waals surface area contributed by atoms with Crippen molar-refractivity contribution in [3.05, 3.63) is 34.3 Å². The highest BCUT2D eigenvalue weighted by atomic mass is 79.9. The first-order valence-corrected chi connectivity index (χ1v) is 6.31. The van der Waals surface area contributed by atoms with Crippen LogP contribution in [0.2, 0.25) is 0 Å². The summed E-state index contributed by atoms with van der Waals surface area (Å²) < 4.78 is 40.9. The topological polar surface area (TPSA) is 21.3 Å². The maximum Gasteiger partial charge on any atom is 0.411 e. The Morgan fingerprint density at radius 1 is 1.39 bits per heavy atom. The normalized spacial score (nSPS) is 13.6. The SMILES string of the molecule is C[C@H](NCCOCC(F)(F)F)c1cccc(Br)c1. The van der Waals surface area contributed by atoms with Crippen molar-refractivity contribution in [2.24, 2.45) is 0 Å². The maximum atomic E-state index is 11.8. The number of benzene rings is 1. The van der Waals surface area contributed by atoms with Crippen LogP contribution in [0.5, 0.6) is 0 Å². The van der Waals surface area contributed by atoms with Crippen molar-refractivity contribution in [3.8, 4) is 0 Å². The minimum absolute atomic E-state index is 0.0395. The van der Waals surface area contributed by atoms with Crippen LogP contribution in [0.15, 0.2) is 28.7 Å². The van der Waals surface area contributed by atoms with Crippen molar-refractivity contribution in [2.45, 2.75) is 19.1 Å². The van der Waals surface area contributed by atoms with Gasteiger partial charge in [0.25, 0.3) is 0 Å². The van der Waals surface area contributed by atoms with E-state index in [0.29, 0.717) is 6.54 Å². The molecule has 1 aromatic carbocycles. The Kier molecular flexibility index (Phi) is 6.11. The van der Waals surface area contributed by atoms with Gasteiger partial charge in [0.1, 0.15) is 6.61 Å². The molecule has 0 aromatic heterocycles. The van der Waals surface area contributed by atoms with Crippen molar-refractivity contribution in [1.29, 1.82) is 0 Å². The summed E-state index contributed by atoms with van der Waals surface area (Å²) in [6.07, 6.45) is -4.25. The van der Waals surface area contributed by atoms with Gasteiger partial charge in [-0.3, -0.25) is 0 Å². The quantitative estimate of drug-likeness (QED) is 0.805. The lowest BCUT2D eigenvalue weighted by Crippen LogP contribution is -2.25. The molecular weight excluding hydrogens is 311 g/mol. The van der Waals surface area contributed by atoms with Gasteiger partial charge < -0.3 is 10.1 Å². The standard InChI is InChI=1S/C12H15BrF3NO/c1-9(10-3-2-4-11(13)7-10)17-5-6-18-8-12(14,15)16/h2-4,7,9,17H,5-6,8H2,1H3/t9-/m0/s1. The second-order valence-corrected chi connectivity index (χ2v) is 4.81. The Balaban J connectivity index is 2.23. The first kappa shape index (κ1) is 15.5. The zero-order chi connectivity index (χ0) is 13.6. The molecule has 1 N–H and O–H groups in total. The Morgan fingerprint density at radius 2 is 2.11 bits per heavy atom. The molecule has 2 nitrogen and oxygen atoms in total. The van der Waals surface area contributed by atoms with Crippen molar-refractivity contribution in [3.63, 3.8) is 0 Å². The van der Waals surface area contributed by atoms with E-state index >= 15 is 0 Å². The third-order valence-corrected chi connectivity index (χ3v) is 2.80. The number of hydrogen-bond acceptors (Lipinski definition) is 2. The van der Waals surface area contributed by atoms with E-state index in [-0.39, 0.29) is 12.6 Å². The van der Waals surface area contributed by atoms with Crippen LogP contribution in [0.1, 0.15) is 18.5 Å². The monoisotopic (exact) mass is 325 g/mol. The molecule has 0 saturated heterocycles. The molecule has 0 bridgehead atoms. The van der Waals surface area contributed by atoms with Crippen LogP contribution in [0.25, 0.3) is 0 Å². The number of alkyl halides is 3. The summed E-state index contributed by atoms with van der Waals surface area (Å²) in [7, 11) is 0. The molecule has 18 heavy (non-hydrogen) atoms. The summed E-state index contributed by atoms with van der Waals surface area (Å²) in [6.45, 7) is 1.17. The zero-order valence-electron chi connectivity index (χ0n) is 9.93. The van der Waals surface area contributed by atoms with Crippen LogP contribution >= 0.6 is 15.9 Å². The molecule has 1 aromatic rings.